The van der Waals surface area contributed by atoms with Gasteiger partial charge in [-0.3, -0.25) is 4.57 Å². The van der Waals surface area contributed by atoms with Crippen LogP contribution in [-0.4, -0.2) is 21.4 Å². The molecule has 0 aromatic heterocycles. The Kier molecular flexibility index (Phi) is 3.57. The van der Waals surface area contributed by atoms with Crippen molar-refractivity contribution in [2.24, 2.45) is 5.73 Å². The van der Waals surface area contributed by atoms with Crippen LogP contribution < -0.4 is 5.73 Å². The molecule has 0 radical (unpaired) electrons. The van der Waals surface area contributed by atoms with E-state index < -0.39 is 19.5 Å². The average Bonchev–Trinajstić information content (AvgIpc) is 2.19. The van der Waals surface area contributed by atoms with Crippen LogP contribution in [0, 0.1) is 13.8 Å². The predicted molar refractivity (Wildman–Crippen MR) is 60.9 cm³/mol. The molecule has 5 nitrogen and oxygen atoms in total. The summed E-state index contributed by atoms with van der Waals surface area (Å²) in [5.74, 6) is 0. The Morgan fingerprint density at radius 3 is 2.38 bits per heavy atom. The van der Waals surface area contributed by atoms with Gasteiger partial charge in [0.15, 0.2) is 0 Å². The summed E-state index contributed by atoms with van der Waals surface area (Å²) in [6, 6.07) is 5.04. The molecule has 1 unspecified atom stereocenters. The van der Waals surface area contributed by atoms with Crippen LogP contribution in [0.25, 0.3) is 0 Å². The van der Waals surface area contributed by atoms with E-state index >= 15 is 0 Å². The first-order chi connectivity index (χ1) is 7.22. The summed E-state index contributed by atoms with van der Waals surface area (Å²) >= 11 is 0. The van der Waals surface area contributed by atoms with E-state index in [-0.39, 0.29) is 5.56 Å². The lowest BCUT2D eigenvalue weighted by Crippen LogP contribution is -2.35. The first-order valence-corrected chi connectivity index (χ1v) is 6.39. The molecule has 0 aliphatic rings. The summed E-state index contributed by atoms with van der Waals surface area (Å²) < 4.78 is 11.3. The normalized spacial score (nSPS) is 15.9. The zero-order valence-corrected chi connectivity index (χ0v) is 10.1. The number of hydrogen-bond donors (Lipinski definition) is 4. The van der Waals surface area contributed by atoms with Crippen molar-refractivity contribution in [3.8, 4) is 0 Å². The van der Waals surface area contributed by atoms with Gasteiger partial charge < -0.3 is 20.6 Å². The Morgan fingerprint density at radius 2 is 1.94 bits per heavy atom. The van der Waals surface area contributed by atoms with Crippen LogP contribution in [-0.2, 0) is 9.91 Å². The summed E-state index contributed by atoms with van der Waals surface area (Å²) in [7, 11) is -4.73. The minimum absolute atomic E-state index is 0.184. The van der Waals surface area contributed by atoms with Crippen molar-refractivity contribution < 1.29 is 19.5 Å². The largest absolute Gasteiger partial charge is 0.372 e. The van der Waals surface area contributed by atoms with E-state index in [4.69, 9.17) is 5.73 Å². The minimum atomic E-state index is -4.73. The highest BCUT2D eigenvalue weighted by Crippen LogP contribution is 2.55. The number of benzene rings is 1. The van der Waals surface area contributed by atoms with Gasteiger partial charge in [-0.05, 0) is 19.4 Å². The molecule has 0 spiro atoms. The van der Waals surface area contributed by atoms with Gasteiger partial charge in [-0.15, -0.1) is 0 Å². The fraction of sp³-hybridized carbons (Fsp3) is 0.400. The summed E-state index contributed by atoms with van der Waals surface area (Å²) in [6.45, 7) is 2.92. The monoisotopic (exact) mass is 245 g/mol. The summed E-state index contributed by atoms with van der Waals surface area (Å²) in [5.41, 5.74) is 6.89. The molecule has 1 atom stereocenters. The van der Waals surface area contributed by atoms with E-state index in [1.165, 1.54) is 0 Å². The summed E-state index contributed by atoms with van der Waals surface area (Å²) in [5, 5.41) is 7.74. The summed E-state index contributed by atoms with van der Waals surface area (Å²) in [4.78, 5) is 18.4. The van der Waals surface area contributed by atoms with Gasteiger partial charge >= 0.3 is 7.60 Å². The second-order valence-electron chi connectivity index (χ2n) is 3.88. The van der Waals surface area contributed by atoms with Crippen molar-refractivity contribution in [3.63, 3.8) is 0 Å². The maximum Gasteiger partial charge on any atom is 0.362 e. The molecule has 6 heteroatoms. The van der Waals surface area contributed by atoms with Crippen molar-refractivity contribution in [2.75, 3.05) is 6.54 Å². The van der Waals surface area contributed by atoms with E-state index in [2.05, 4.69) is 0 Å². The smallest absolute Gasteiger partial charge is 0.362 e. The van der Waals surface area contributed by atoms with Gasteiger partial charge in [0.1, 0.15) is 0 Å². The van der Waals surface area contributed by atoms with Crippen LogP contribution in [0.15, 0.2) is 18.2 Å². The number of aliphatic hydroxyl groups is 1. The third-order valence-electron chi connectivity index (χ3n) is 2.59. The third kappa shape index (κ3) is 2.19. The highest BCUT2D eigenvalue weighted by atomic mass is 31.2. The SMILES string of the molecule is Cc1ccc(C)c(C(O)(CN)P(=O)(O)O)c1. The standard InChI is InChI=1S/C10H16NO4P/c1-7-3-4-8(2)9(5-7)10(12,6-11)16(13,14)15/h3-5,12H,6,11H2,1-2H3,(H2,13,14,15). The molecule has 5 N–H and O–H groups in total. The van der Waals surface area contributed by atoms with Crippen LogP contribution in [0.4, 0.5) is 0 Å². The van der Waals surface area contributed by atoms with Gasteiger partial charge in [0.25, 0.3) is 0 Å². The molecule has 1 rings (SSSR count). The Bertz CT molecular complexity index is 442. The molecular weight excluding hydrogens is 229 g/mol. The van der Waals surface area contributed by atoms with E-state index in [9.17, 15) is 19.5 Å². The van der Waals surface area contributed by atoms with Crippen molar-refractivity contribution in [3.05, 3.63) is 34.9 Å². The quantitative estimate of drug-likeness (QED) is 0.583. The Balaban J connectivity index is 3.45. The Hall–Kier alpha value is -0.710. The topological polar surface area (TPSA) is 104 Å². The second-order valence-corrected chi connectivity index (χ2v) is 5.71. The summed E-state index contributed by atoms with van der Waals surface area (Å²) in [6.07, 6.45) is 0. The molecule has 0 aliphatic heterocycles. The number of nitrogens with two attached hydrogens (primary N) is 1. The van der Waals surface area contributed by atoms with Crippen LogP contribution in [0.2, 0.25) is 0 Å². The van der Waals surface area contributed by atoms with Gasteiger partial charge in [0.2, 0.25) is 5.34 Å². The van der Waals surface area contributed by atoms with Gasteiger partial charge in [-0.2, -0.15) is 0 Å². The van der Waals surface area contributed by atoms with Crippen molar-refractivity contribution in [2.45, 2.75) is 19.2 Å². The zero-order valence-electron chi connectivity index (χ0n) is 9.21. The van der Waals surface area contributed by atoms with Crippen LogP contribution in [0.1, 0.15) is 16.7 Å². The van der Waals surface area contributed by atoms with Crippen molar-refractivity contribution in [1.29, 1.82) is 0 Å². The average molecular weight is 245 g/mol. The first-order valence-electron chi connectivity index (χ1n) is 4.78. The Labute approximate surface area is 94.1 Å². The van der Waals surface area contributed by atoms with Gasteiger partial charge in [0, 0.05) is 12.1 Å². The van der Waals surface area contributed by atoms with E-state index in [0.29, 0.717) is 5.56 Å². The lowest BCUT2D eigenvalue weighted by molar-refractivity contribution is 0.0970. The Morgan fingerprint density at radius 1 is 1.38 bits per heavy atom. The second kappa shape index (κ2) is 4.28. The molecular formula is C10H16NO4P. The van der Waals surface area contributed by atoms with E-state index in [0.717, 1.165) is 5.56 Å². The molecule has 1 aromatic rings. The lowest BCUT2D eigenvalue weighted by Gasteiger charge is -2.29. The van der Waals surface area contributed by atoms with E-state index in [1.807, 2.05) is 0 Å². The predicted octanol–water partition coefficient (Wildman–Crippen LogP) is 0.585. The molecule has 0 aliphatic carbocycles. The van der Waals surface area contributed by atoms with Crippen molar-refractivity contribution in [1.82, 2.24) is 0 Å². The molecule has 0 amide bonds. The van der Waals surface area contributed by atoms with Crippen LogP contribution in [0.3, 0.4) is 0 Å². The number of hydrogen-bond acceptors (Lipinski definition) is 3. The maximum atomic E-state index is 11.3. The highest BCUT2D eigenvalue weighted by Gasteiger charge is 2.46. The van der Waals surface area contributed by atoms with Gasteiger partial charge in [-0.25, -0.2) is 0 Å². The highest BCUT2D eigenvalue weighted by molar-refractivity contribution is 7.52. The number of aryl methyl sites for hydroxylation is 2. The van der Waals surface area contributed by atoms with Crippen LogP contribution >= 0.6 is 7.60 Å². The minimum Gasteiger partial charge on any atom is -0.372 e. The molecule has 0 bridgehead atoms. The zero-order chi connectivity index (χ0) is 12.6. The molecule has 16 heavy (non-hydrogen) atoms. The molecule has 1 aromatic carbocycles. The molecule has 0 fully saturated rings. The third-order valence-corrected chi connectivity index (χ3v) is 3.98. The molecule has 0 heterocycles. The fourth-order valence-corrected chi connectivity index (χ4v) is 2.35. The number of rotatable bonds is 3. The van der Waals surface area contributed by atoms with Gasteiger partial charge in [0.05, 0.1) is 0 Å². The lowest BCUT2D eigenvalue weighted by atomic mass is 10.0. The molecule has 0 saturated carbocycles. The molecule has 0 saturated heterocycles. The van der Waals surface area contributed by atoms with Crippen molar-refractivity contribution >= 4 is 7.60 Å². The fourth-order valence-electron chi connectivity index (χ4n) is 1.55. The molecule has 90 valence electrons. The van der Waals surface area contributed by atoms with Crippen LogP contribution in [0.5, 0.6) is 0 Å². The maximum absolute atomic E-state index is 11.3. The van der Waals surface area contributed by atoms with E-state index in [1.54, 1.807) is 32.0 Å². The van der Waals surface area contributed by atoms with Gasteiger partial charge in [-0.1, -0.05) is 23.8 Å². The first kappa shape index (κ1) is 13.4.